The van der Waals surface area contributed by atoms with Crippen molar-refractivity contribution in [1.29, 1.82) is 0 Å². The number of benzene rings is 2. The summed E-state index contributed by atoms with van der Waals surface area (Å²) in [7, 11) is -2.61. The van der Waals surface area contributed by atoms with Crippen LogP contribution in [0.1, 0.15) is 23.6 Å². The van der Waals surface area contributed by atoms with E-state index in [1.807, 2.05) is 32.0 Å². The molecule has 0 saturated carbocycles. The summed E-state index contributed by atoms with van der Waals surface area (Å²) in [6, 6.07) is 8.56. The first-order valence-electron chi connectivity index (χ1n) is 9.44. The van der Waals surface area contributed by atoms with E-state index in [2.05, 4.69) is 10.6 Å². The molecule has 1 atom stereocenters. The van der Waals surface area contributed by atoms with E-state index in [1.165, 1.54) is 13.1 Å². The van der Waals surface area contributed by atoms with Crippen LogP contribution in [0.25, 0.3) is 0 Å². The smallest absolute Gasteiger partial charge is 0.265 e. The molecule has 0 fully saturated rings. The molecule has 1 aliphatic heterocycles. The number of carbonyl (C=O) groups excluding carboxylic acids is 2. The predicted molar refractivity (Wildman–Crippen MR) is 114 cm³/mol. The number of fused-ring (bicyclic) bond motifs is 1. The zero-order valence-corrected chi connectivity index (χ0v) is 18.4. The van der Waals surface area contributed by atoms with Crippen LogP contribution in [0.15, 0.2) is 35.2 Å². The quantitative estimate of drug-likeness (QED) is 0.757. The first-order valence-corrected chi connectivity index (χ1v) is 10.9. The molecule has 0 bridgehead atoms. The second-order valence-corrected chi connectivity index (χ2v) is 9.56. The van der Waals surface area contributed by atoms with Gasteiger partial charge in [-0.1, -0.05) is 6.07 Å². The van der Waals surface area contributed by atoms with Gasteiger partial charge in [-0.25, -0.2) is 8.42 Å². The second kappa shape index (κ2) is 8.08. The summed E-state index contributed by atoms with van der Waals surface area (Å²) in [5.41, 5.74) is 3.47. The Labute approximate surface area is 176 Å². The molecule has 0 saturated heterocycles. The average molecular weight is 432 g/mol. The molecule has 30 heavy (non-hydrogen) atoms. The molecule has 2 amide bonds. The molecule has 0 aromatic heterocycles. The number of carbonyl (C=O) groups is 2. The Kier molecular flexibility index (Phi) is 5.87. The highest BCUT2D eigenvalue weighted by Crippen LogP contribution is 2.35. The van der Waals surface area contributed by atoms with Crippen LogP contribution < -0.4 is 15.4 Å². The number of likely N-dealkylation sites (N-methyl/N-ethyl adjacent to an activating group) is 1. The van der Waals surface area contributed by atoms with E-state index in [0.717, 1.165) is 15.4 Å². The van der Waals surface area contributed by atoms with E-state index in [0.29, 0.717) is 16.9 Å². The van der Waals surface area contributed by atoms with Crippen molar-refractivity contribution in [3.05, 3.63) is 47.0 Å². The van der Waals surface area contributed by atoms with Gasteiger partial charge < -0.3 is 15.4 Å². The van der Waals surface area contributed by atoms with E-state index in [9.17, 15) is 18.0 Å². The summed E-state index contributed by atoms with van der Waals surface area (Å²) < 4.78 is 32.7. The number of aryl methyl sites for hydroxylation is 3. The maximum absolute atomic E-state index is 13.1. The van der Waals surface area contributed by atoms with Gasteiger partial charge in [-0.15, -0.1) is 0 Å². The van der Waals surface area contributed by atoms with Crippen LogP contribution in [0.4, 0.5) is 11.4 Å². The largest absolute Gasteiger partial charge is 0.479 e. The summed E-state index contributed by atoms with van der Waals surface area (Å²) in [5, 5.41) is 5.43. The first kappa shape index (κ1) is 21.8. The van der Waals surface area contributed by atoms with Gasteiger partial charge in [0.15, 0.2) is 6.10 Å². The van der Waals surface area contributed by atoms with Crippen molar-refractivity contribution in [1.82, 2.24) is 4.31 Å². The Hall–Kier alpha value is -2.91. The molecule has 9 heteroatoms. The molecule has 1 aliphatic rings. The SMILES string of the molecule is Cc1cc(C)cc(NC(=O)CN(C)S(=O)(=O)c2cc3c(cc2C)NC(=O)C(C)O3)c1. The highest BCUT2D eigenvalue weighted by molar-refractivity contribution is 7.89. The van der Waals surface area contributed by atoms with Crippen molar-refractivity contribution in [3.63, 3.8) is 0 Å². The van der Waals surface area contributed by atoms with Crippen molar-refractivity contribution < 1.29 is 22.7 Å². The highest BCUT2D eigenvalue weighted by atomic mass is 32.2. The number of hydrogen-bond donors (Lipinski definition) is 2. The summed E-state index contributed by atoms with van der Waals surface area (Å²) in [5.74, 6) is -0.462. The number of anilines is 2. The molecule has 0 aliphatic carbocycles. The Morgan fingerprint density at radius 2 is 1.77 bits per heavy atom. The van der Waals surface area contributed by atoms with Crippen molar-refractivity contribution in [2.24, 2.45) is 0 Å². The number of nitrogens with one attached hydrogen (secondary N) is 2. The zero-order valence-electron chi connectivity index (χ0n) is 17.6. The molecule has 1 heterocycles. The number of ether oxygens (including phenoxy) is 1. The maximum Gasteiger partial charge on any atom is 0.265 e. The number of sulfonamides is 1. The maximum atomic E-state index is 13.1. The fourth-order valence-corrected chi connectivity index (χ4v) is 4.67. The molecule has 2 aromatic rings. The van der Waals surface area contributed by atoms with Gasteiger partial charge >= 0.3 is 0 Å². The molecule has 160 valence electrons. The third kappa shape index (κ3) is 4.47. The predicted octanol–water partition coefficient (Wildman–Crippen LogP) is 2.59. The van der Waals surface area contributed by atoms with E-state index < -0.39 is 22.0 Å². The van der Waals surface area contributed by atoms with Gasteiger partial charge in [0.05, 0.1) is 17.1 Å². The average Bonchev–Trinajstić information content (AvgIpc) is 2.61. The van der Waals surface area contributed by atoms with Crippen LogP contribution in [0, 0.1) is 20.8 Å². The van der Waals surface area contributed by atoms with Crippen molar-refractivity contribution in [3.8, 4) is 5.75 Å². The van der Waals surface area contributed by atoms with Gasteiger partial charge in [0.2, 0.25) is 15.9 Å². The lowest BCUT2D eigenvalue weighted by molar-refractivity contribution is -0.122. The molecular formula is C21H25N3O5S. The van der Waals surface area contributed by atoms with Gasteiger partial charge in [-0.2, -0.15) is 4.31 Å². The fraction of sp³-hybridized carbons (Fsp3) is 0.333. The summed E-state index contributed by atoms with van der Waals surface area (Å²) in [6.45, 7) is 6.70. The second-order valence-electron chi connectivity index (χ2n) is 7.55. The van der Waals surface area contributed by atoms with Crippen LogP contribution in [0.5, 0.6) is 5.75 Å². The summed E-state index contributed by atoms with van der Waals surface area (Å²) in [4.78, 5) is 24.2. The topological polar surface area (TPSA) is 105 Å². The van der Waals surface area contributed by atoms with Crippen LogP contribution >= 0.6 is 0 Å². The molecule has 0 spiro atoms. The van der Waals surface area contributed by atoms with Crippen LogP contribution in [-0.4, -0.2) is 44.2 Å². The van der Waals surface area contributed by atoms with E-state index >= 15 is 0 Å². The van der Waals surface area contributed by atoms with Gasteiger partial charge in [0.1, 0.15) is 5.75 Å². The number of nitrogens with zero attached hydrogens (tertiary/aromatic N) is 1. The van der Waals surface area contributed by atoms with Gasteiger partial charge in [-0.3, -0.25) is 9.59 Å². The van der Waals surface area contributed by atoms with E-state index in [1.54, 1.807) is 19.9 Å². The summed E-state index contributed by atoms with van der Waals surface area (Å²) >= 11 is 0. The van der Waals surface area contributed by atoms with Crippen molar-refractivity contribution >= 4 is 33.2 Å². The van der Waals surface area contributed by atoms with Crippen LogP contribution in [-0.2, 0) is 19.6 Å². The minimum Gasteiger partial charge on any atom is -0.479 e. The Morgan fingerprint density at radius 3 is 2.40 bits per heavy atom. The normalized spacial score (nSPS) is 15.9. The van der Waals surface area contributed by atoms with Gasteiger partial charge in [0, 0.05) is 18.8 Å². The molecule has 3 rings (SSSR count). The number of rotatable bonds is 5. The Morgan fingerprint density at radius 1 is 1.13 bits per heavy atom. The fourth-order valence-electron chi connectivity index (χ4n) is 3.32. The monoisotopic (exact) mass is 431 g/mol. The third-order valence-electron chi connectivity index (χ3n) is 4.77. The van der Waals surface area contributed by atoms with Gasteiger partial charge in [0.25, 0.3) is 5.91 Å². The zero-order chi connectivity index (χ0) is 22.2. The number of amides is 2. The molecule has 2 N–H and O–H groups in total. The van der Waals surface area contributed by atoms with E-state index in [-0.39, 0.29) is 23.1 Å². The lowest BCUT2D eigenvalue weighted by Gasteiger charge is -2.25. The van der Waals surface area contributed by atoms with Crippen LogP contribution in [0.3, 0.4) is 0 Å². The number of hydrogen-bond acceptors (Lipinski definition) is 5. The standard InChI is InChI=1S/C21H25N3O5S/c1-12-6-13(2)8-16(7-12)22-20(25)11-24(5)30(27,28)19-10-18-17(9-14(19)3)23-21(26)15(4)29-18/h6-10,15H,11H2,1-5H3,(H,22,25)(H,23,26). The minimum atomic E-state index is -3.96. The highest BCUT2D eigenvalue weighted by Gasteiger charge is 2.30. The molecule has 8 nitrogen and oxygen atoms in total. The Bertz CT molecular complexity index is 1110. The van der Waals surface area contributed by atoms with Crippen LogP contribution in [0.2, 0.25) is 0 Å². The van der Waals surface area contributed by atoms with Crippen molar-refractivity contribution in [2.45, 2.75) is 38.7 Å². The molecule has 0 radical (unpaired) electrons. The molecule has 2 aromatic carbocycles. The Balaban J connectivity index is 1.80. The first-order chi connectivity index (χ1) is 14.0. The molecule has 1 unspecified atom stereocenters. The molecular weight excluding hydrogens is 406 g/mol. The summed E-state index contributed by atoms with van der Waals surface area (Å²) in [6.07, 6.45) is -0.725. The lowest BCUT2D eigenvalue weighted by atomic mass is 10.1. The minimum absolute atomic E-state index is 0.0197. The van der Waals surface area contributed by atoms with Gasteiger partial charge in [-0.05, 0) is 62.6 Å². The lowest BCUT2D eigenvalue weighted by Crippen LogP contribution is -2.36. The van der Waals surface area contributed by atoms with Crippen molar-refractivity contribution in [2.75, 3.05) is 24.2 Å². The third-order valence-corrected chi connectivity index (χ3v) is 6.71. The van der Waals surface area contributed by atoms with E-state index in [4.69, 9.17) is 4.74 Å².